The topological polar surface area (TPSA) is 209 Å². The van der Waals surface area contributed by atoms with Gasteiger partial charge in [-0.1, -0.05) is 5.11 Å². The standard InChI is InChI=1S/C27H40N6O9/c1-20-22-3-2-21(28)18-24(22)42-27(36)23(20)19-26(35)31-6-9-37-8-4-25(34)30-5-10-38-12-14-40-16-17-41-15-13-39-11-7-32-33-29/h2-3,18H,4-17,19,28H2,1H3,(H,30,34)(H,31,35). The van der Waals surface area contributed by atoms with E-state index in [1.165, 1.54) is 0 Å². The van der Waals surface area contributed by atoms with Crippen molar-refractivity contribution in [2.75, 3.05) is 91.4 Å². The van der Waals surface area contributed by atoms with Crippen molar-refractivity contribution in [3.05, 3.63) is 50.2 Å². The van der Waals surface area contributed by atoms with Crippen molar-refractivity contribution in [2.45, 2.75) is 19.8 Å². The van der Waals surface area contributed by atoms with E-state index in [4.69, 9.17) is 39.4 Å². The summed E-state index contributed by atoms with van der Waals surface area (Å²) in [6, 6.07) is 5.05. The van der Waals surface area contributed by atoms with Gasteiger partial charge in [0.2, 0.25) is 11.8 Å². The number of benzene rings is 1. The quantitative estimate of drug-likeness (QED) is 0.0420. The number of rotatable bonds is 23. The minimum absolute atomic E-state index is 0.113. The first-order valence-corrected chi connectivity index (χ1v) is 13.7. The number of carbonyl (C=O) groups excluding carboxylic acids is 2. The van der Waals surface area contributed by atoms with Crippen molar-refractivity contribution in [3.8, 4) is 0 Å². The molecule has 15 heteroatoms. The molecule has 0 saturated carbocycles. The molecule has 1 aromatic carbocycles. The fourth-order valence-electron chi connectivity index (χ4n) is 3.63. The number of anilines is 1. The van der Waals surface area contributed by atoms with Gasteiger partial charge in [-0.15, -0.1) is 0 Å². The zero-order valence-electron chi connectivity index (χ0n) is 23.9. The Labute approximate surface area is 243 Å². The van der Waals surface area contributed by atoms with Crippen LogP contribution in [0.3, 0.4) is 0 Å². The number of ether oxygens (including phenoxy) is 5. The monoisotopic (exact) mass is 592 g/mol. The van der Waals surface area contributed by atoms with Gasteiger partial charge in [0.15, 0.2) is 0 Å². The highest BCUT2D eigenvalue weighted by atomic mass is 16.6. The molecule has 2 amide bonds. The van der Waals surface area contributed by atoms with Gasteiger partial charge < -0.3 is 44.5 Å². The highest BCUT2D eigenvalue weighted by Crippen LogP contribution is 2.21. The zero-order valence-corrected chi connectivity index (χ0v) is 23.9. The second kappa shape index (κ2) is 21.1. The molecule has 2 rings (SSSR count). The molecular weight excluding hydrogens is 552 g/mol. The zero-order chi connectivity index (χ0) is 30.4. The molecule has 0 fully saturated rings. The first-order valence-electron chi connectivity index (χ1n) is 13.7. The van der Waals surface area contributed by atoms with Crippen molar-refractivity contribution in [2.24, 2.45) is 5.11 Å². The molecule has 0 bridgehead atoms. The smallest absolute Gasteiger partial charge is 0.340 e. The minimum atomic E-state index is -0.567. The van der Waals surface area contributed by atoms with E-state index in [2.05, 4.69) is 20.7 Å². The molecule has 0 saturated heterocycles. The SMILES string of the molecule is Cc1c(CC(=O)NCCOCCC(=O)NCCOCCOCCOCCOCCN=[N+]=[N-])c(=O)oc2cc(N)ccc12. The van der Waals surface area contributed by atoms with Crippen LogP contribution in [0.2, 0.25) is 0 Å². The van der Waals surface area contributed by atoms with Crippen molar-refractivity contribution in [1.29, 1.82) is 0 Å². The van der Waals surface area contributed by atoms with Gasteiger partial charge in [0.1, 0.15) is 5.58 Å². The lowest BCUT2D eigenvalue weighted by atomic mass is 10.0. The van der Waals surface area contributed by atoms with Crippen LogP contribution in [0.4, 0.5) is 5.69 Å². The Morgan fingerprint density at radius 2 is 1.45 bits per heavy atom. The molecule has 2 aromatic rings. The minimum Gasteiger partial charge on any atom is -0.422 e. The molecule has 1 aromatic heterocycles. The van der Waals surface area contributed by atoms with E-state index in [1.54, 1.807) is 25.1 Å². The van der Waals surface area contributed by atoms with Gasteiger partial charge in [0, 0.05) is 48.1 Å². The highest BCUT2D eigenvalue weighted by Gasteiger charge is 2.15. The number of nitrogens with two attached hydrogens (primary N) is 1. The van der Waals surface area contributed by atoms with Gasteiger partial charge >= 0.3 is 5.63 Å². The summed E-state index contributed by atoms with van der Waals surface area (Å²) in [6.45, 7) is 6.37. The molecule has 0 aliphatic rings. The van der Waals surface area contributed by atoms with Crippen LogP contribution >= 0.6 is 0 Å². The van der Waals surface area contributed by atoms with E-state index in [0.717, 1.165) is 5.39 Å². The van der Waals surface area contributed by atoms with E-state index in [0.29, 0.717) is 88.3 Å². The van der Waals surface area contributed by atoms with Crippen molar-refractivity contribution >= 4 is 28.5 Å². The number of azide groups is 1. The van der Waals surface area contributed by atoms with E-state index < -0.39 is 5.63 Å². The number of nitrogens with zero attached hydrogens (tertiary/aromatic N) is 3. The van der Waals surface area contributed by atoms with Crippen molar-refractivity contribution < 1.29 is 37.7 Å². The molecule has 4 N–H and O–H groups in total. The van der Waals surface area contributed by atoms with Gasteiger partial charge in [-0.25, -0.2) is 4.79 Å². The predicted molar refractivity (Wildman–Crippen MR) is 154 cm³/mol. The Balaban J connectivity index is 1.40. The molecule has 0 aliphatic carbocycles. The second-order valence-corrected chi connectivity index (χ2v) is 8.89. The molecule has 0 aliphatic heterocycles. The van der Waals surface area contributed by atoms with Crippen LogP contribution in [0.15, 0.2) is 32.5 Å². The number of hydrogen-bond acceptors (Lipinski definition) is 11. The fraction of sp³-hybridized carbons (Fsp3) is 0.593. The summed E-state index contributed by atoms with van der Waals surface area (Å²) in [5, 5.41) is 9.52. The van der Waals surface area contributed by atoms with Crippen molar-refractivity contribution in [1.82, 2.24) is 10.6 Å². The largest absolute Gasteiger partial charge is 0.422 e. The van der Waals surface area contributed by atoms with Gasteiger partial charge in [-0.2, -0.15) is 0 Å². The van der Waals surface area contributed by atoms with Gasteiger partial charge in [0.25, 0.3) is 0 Å². The first kappa shape index (κ1) is 34.5. The summed E-state index contributed by atoms with van der Waals surface area (Å²) in [5.74, 6) is -0.500. The Hall–Kier alpha value is -3.72. The number of carbonyl (C=O) groups is 2. The van der Waals surface area contributed by atoms with E-state index in [1.807, 2.05) is 0 Å². The summed E-state index contributed by atoms with van der Waals surface area (Å²) in [5.41, 5.74) is 15.1. The number of fused-ring (bicyclic) bond motifs is 1. The van der Waals surface area contributed by atoms with Crippen LogP contribution in [0.25, 0.3) is 21.4 Å². The van der Waals surface area contributed by atoms with Gasteiger partial charge in [0.05, 0.1) is 78.1 Å². The number of nitrogen functional groups attached to an aromatic ring is 1. The van der Waals surface area contributed by atoms with E-state index >= 15 is 0 Å². The Morgan fingerprint density at radius 3 is 2.10 bits per heavy atom. The summed E-state index contributed by atoms with van der Waals surface area (Å²) in [7, 11) is 0. The van der Waals surface area contributed by atoms with Gasteiger partial charge in [-0.05, 0) is 30.2 Å². The number of hydrogen-bond donors (Lipinski definition) is 3. The number of aryl methyl sites for hydroxylation is 1. The average Bonchev–Trinajstić information content (AvgIpc) is 2.96. The predicted octanol–water partition coefficient (Wildman–Crippen LogP) is 1.24. The normalized spacial score (nSPS) is 10.9. The Kier molecular flexibility index (Phi) is 17.3. The van der Waals surface area contributed by atoms with Crippen LogP contribution < -0.4 is 22.0 Å². The lowest BCUT2D eigenvalue weighted by Gasteiger charge is -2.10. The number of nitrogens with one attached hydrogen (secondary N) is 2. The summed E-state index contributed by atoms with van der Waals surface area (Å²) >= 11 is 0. The number of amides is 2. The van der Waals surface area contributed by atoms with Crippen LogP contribution in [-0.2, 0) is 39.7 Å². The first-order chi connectivity index (χ1) is 20.4. The fourth-order valence-corrected chi connectivity index (χ4v) is 3.63. The maximum atomic E-state index is 12.3. The molecule has 232 valence electrons. The molecule has 15 nitrogen and oxygen atoms in total. The third-order valence-electron chi connectivity index (χ3n) is 5.77. The van der Waals surface area contributed by atoms with Gasteiger partial charge in [-0.3, -0.25) is 9.59 Å². The van der Waals surface area contributed by atoms with Crippen molar-refractivity contribution in [3.63, 3.8) is 0 Å². The molecule has 1 heterocycles. The lowest BCUT2D eigenvalue weighted by Crippen LogP contribution is -2.31. The summed E-state index contributed by atoms with van der Waals surface area (Å²) < 4.78 is 32.0. The molecule has 0 unspecified atom stereocenters. The molecule has 0 radical (unpaired) electrons. The Morgan fingerprint density at radius 1 is 0.881 bits per heavy atom. The van der Waals surface area contributed by atoms with Crippen LogP contribution in [0.1, 0.15) is 17.5 Å². The van der Waals surface area contributed by atoms with E-state index in [9.17, 15) is 14.4 Å². The molecule has 0 atom stereocenters. The summed E-state index contributed by atoms with van der Waals surface area (Å²) in [6.07, 6.45) is 0.0657. The van der Waals surface area contributed by atoms with Crippen LogP contribution in [0, 0.1) is 6.92 Å². The highest BCUT2D eigenvalue weighted by molar-refractivity contribution is 5.86. The van der Waals surface area contributed by atoms with Crippen LogP contribution in [-0.4, -0.2) is 97.5 Å². The maximum Gasteiger partial charge on any atom is 0.340 e. The third-order valence-corrected chi connectivity index (χ3v) is 5.77. The molecular formula is C27H40N6O9. The van der Waals surface area contributed by atoms with Crippen LogP contribution in [0.5, 0.6) is 0 Å². The Bertz CT molecular complexity index is 1220. The maximum absolute atomic E-state index is 12.3. The lowest BCUT2D eigenvalue weighted by molar-refractivity contribution is -0.123. The van der Waals surface area contributed by atoms with E-state index in [-0.39, 0.29) is 44.4 Å². The second-order valence-electron chi connectivity index (χ2n) is 8.89. The molecule has 0 spiro atoms. The average molecular weight is 593 g/mol. The third kappa shape index (κ3) is 14.3. The molecule has 42 heavy (non-hydrogen) atoms. The summed E-state index contributed by atoms with van der Waals surface area (Å²) in [4.78, 5) is 39.1.